The average molecular weight is 487 g/mol. The molecule has 0 bridgehead atoms. The van der Waals surface area contributed by atoms with Crippen LogP contribution in [0.15, 0.2) is 72.1 Å². The number of rotatable bonds is 6. The van der Waals surface area contributed by atoms with Crippen LogP contribution < -0.4 is 10.9 Å². The summed E-state index contributed by atoms with van der Waals surface area (Å²) in [6, 6.07) is 23.1. The highest BCUT2D eigenvalue weighted by Crippen LogP contribution is 2.27. The topological polar surface area (TPSA) is 65.4 Å². The minimum absolute atomic E-state index is 0.163. The summed E-state index contributed by atoms with van der Waals surface area (Å²) in [5.41, 5.74) is 10.00. The third-order valence-electron chi connectivity index (χ3n) is 7.05. The number of fused-ring (bicyclic) bond motifs is 1. The zero-order valence-electron chi connectivity index (χ0n) is 19.6. The molecule has 2 fully saturated rings. The fraction of sp³-hybridized carbons (Fsp3) is 0.333. The maximum atomic E-state index is 13.1. The monoisotopic (exact) mass is 486 g/mol. The Balaban J connectivity index is 1.10. The highest BCUT2D eigenvalue weighted by atomic mass is 32.1. The van der Waals surface area contributed by atoms with Crippen molar-refractivity contribution in [2.75, 3.05) is 26.2 Å². The van der Waals surface area contributed by atoms with Gasteiger partial charge >= 0.3 is 0 Å². The molecule has 1 amide bonds. The number of hydrogen-bond donors (Lipinski definition) is 2. The number of carbonyl (C=O) groups excluding carboxylic acids is 1. The minimum Gasteiger partial charge on any atom is -0.339 e. The summed E-state index contributed by atoms with van der Waals surface area (Å²) in [4.78, 5) is 23.8. The number of carbonyl (C=O) groups is 1. The van der Waals surface area contributed by atoms with Crippen molar-refractivity contribution in [3.05, 3.63) is 88.4 Å². The van der Waals surface area contributed by atoms with Crippen LogP contribution in [0.4, 0.5) is 0 Å². The minimum atomic E-state index is -0.163. The lowest BCUT2D eigenvalue weighted by molar-refractivity contribution is -0.135. The smallest absolute Gasteiger partial charge is 0.241 e. The molecular weight excluding hydrogens is 456 g/mol. The van der Waals surface area contributed by atoms with E-state index in [4.69, 9.17) is 4.98 Å². The largest absolute Gasteiger partial charge is 0.339 e. The van der Waals surface area contributed by atoms with E-state index in [1.165, 1.54) is 16.0 Å². The van der Waals surface area contributed by atoms with E-state index >= 15 is 0 Å². The van der Waals surface area contributed by atoms with Crippen molar-refractivity contribution in [3.8, 4) is 0 Å². The fourth-order valence-electron chi connectivity index (χ4n) is 5.13. The maximum absolute atomic E-state index is 13.1. The SMILES string of the molecule is O=C(C1CC(c2cccs2)NN1)N1CCN(Cc2nc3ccccc3n2Cc2ccccc2)CC1. The second-order valence-electron chi connectivity index (χ2n) is 9.33. The van der Waals surface area contributed by atoms with Crippen LogP contribution >= 0.6 is 11.3 Å². The molecule has 6 rings (SSSR count). The molecule has 4 aromatic rings. The molecule has 2 aliphatic heterocycles. The maximum Gasteiger partial charge on any atom is 0.241 e. The third kappa shape index (κ3) is 4.75. The van der Waals surface area contributed by atoms with Crippen molar-refractivity contribution >= 4 is 28.3 Å². The van der Waals surface area contributed by atoms with Gasteiger partial charge in [-0.3, -0.25) is 9.69 Å². The molecule has 0 spiro atoms. The normalized spacial score (nSPS) is 21.1. The molecule has 2 unspecified atom stereocenters. The molecule has 2 saturated heterocycles. The standard InChI is InChI=1S/C27H30N6OS/c34-27(23-17-22(29-30-23)25-11-6-16-35-25)32-14-12-31(13-15-32)19-26-28-21-9-4-5-10-24(21)33(26)18-20-7-2-1-3-8-20/h1-11,16,22-23,29-30H,12-15,17-19H2. The molecule has 0 aliphatic carbocycles. The summed E-state index contributed by atoms with van der Waals surface area (Å²) in [6.07, 6.45) is 0.795. The molecule has 35 heavy (non-hydrogen) atoms. The number of benzene rings is 2. The number of aromatic nitrogens is 2. The number of hydrazine groups is 1. The van der Waals surface area contributed by atoms with Gasteiger partial charge in [-0.2, -0.15) is 0 Å². The molecule has 180 valence electrons. The number of amides is 1. The molecule has 2 aromatic heterocycles. The van der Waals surface area contributed by atoms with Crippen LogP contribution in [0.1, 0.15) is 28.7 Å². The highest BCUT2D eigenvalue weighted by Gasteiger charge is 2.34. The number of imidazole rings is 1. The third-order valence-corrected chi connectivity index (χ3v) is 8.04. The van der Waals surface area contributed by atoms with E-state index in [0.717, 1.165) is 57.0 Å². The Morgan fingerprint density at radius 3 is 2.51 bits per heavy atom. The van der Waals surface area contributed by atoms with Gasteiger partial charge in [0.2, 0.25) is 5.91 Å². The van der Waals surface area contributed by atoms with Crippen molar-refractivity contribution < 1.29 is 4.79 Å². The van der Waals surface area contributed by atoms with Crippen LogP contribution in [0.25, 0.3) is 11.0 Å². The predicted molar refractivity (Wildman–Crippen MR) is 139 cm³/mol. The van der Waals surface area contributed by atoms with Crippen molar-refractivity contribution in [3.63, 3.8) is 0 Å². The van der Waals surface area contributed by atoms with E-state index in [0.29, 0.717) is 0 Å². The first-order valence-electron chi connectivity index (χ1n) is 12.3. The number of thiophene rings is 1. The van der Waals surface area contributed by atoms with Crippen molar-refractivity contribution in [2.24, 2.45) is 0 Å². The lowest BCUT2D eigenvalue weighted by Gasteiger charge is -2.35. The quantitative estimate of drug-likeness (QED) is 0.437. The lowest BCUT2D eigenvalue weighted by atomic mass is 10.1. The van der Waals surface area contributed by atoms with Crippen LogP contribution in [0.3, 0.4) is 0 Å². The summed E-state index contributed by atoms with van der Waals surface area (Å²) in [5, 5.41) is 2.08. The van der Waals surface area contributed by atoms with Gasteiger partial charge in [-0.15, -0.1) is 11.3 Å². The molecule has 2 atom stereocenters. The zero-order chi connectivity index (χ0) is 23.6. The van der Waals surface area contributed by atoms with Crippen LogP contribution in [0.2, 0.25) is 0 Å². The Hall–Kier alpha value is -3.04. The van der Waals surface area contributed by atoms with Crippen LogP contribution in [-0.4, -0.2) is 57.5 Å². The summed E-state index contributed by atoms with van der Waals surface area (Å²) < 4.78 is 2.33. The van der Waals surface area contributed by atoms with Crippen molar-refractivity contribution in [2.45, 2.75) is 31.6 Å². The second-order valence-corrected chi connectivity index (χ2v) is 10.3. The summed E-state index contributed by atoms with van der Waals surface area (Å²) in [6.45, 7) is 4.80. The van der Waals surface area contributed by atoms with E-state index in [2.05, 4.69) is 86.4 Å². The number of hydrogen-bond acceptors (Lipinski definition) is 6. The van der Waals surface area contributed by atoms with Crippen LogP contribution in [0.5, 0.6) is 0 Å². The van der Waals surface area contributed by atoms with Gasteiger partial charge in [0.1, 0.15) is 11.9 Å². The second kappa shape index (κ2) is 9.91. The Kier molecular flexibility index (Phi) is 6.35. The highest BCUT2D eigenvalue weighted by molar-refractivity contribution is 7.10. The van der Waals surface area contributed by atoms with Crippen LogP contribution in [0, 0.1) is 0 Å². The van der Waals surface area contributed by atoms with E-state index in [1.54, 1.807) is 11.3 Å². The first-order chi connectivity index (χ1) is 17.2. The lowest BCUT2D eigenvalue weighted by Crippen LogP contribution is -2.53. The summed E-state index contributed by atoms with van der Waals surface area (Å²) in [5.74, 6) is 1.28. The van der Waals surface area contributed by atoms with E-state index < -0.39 is 0 Å². The molecule has 4 heterocycles. The number of para-hydroxylation sites is 2. The molecule has 2 N–H and O–H groups in total. The molecular formula is C27H30N6OS. The van der Waals surface area contributed by atoms with Gasteiger partial charge in [0.15, 0.2) is 0 Å². The molecule has 7 nitrogen and oxygen atoms in total. The van der Waals surface area contributed by atoms with E-state index in [9.17, 15) is 4.79 Å². The average Bonchev–Trinajstić information content (AvgIpc) is 3.66. The Morgan fingerprint density at radius 2 is 1.71 bits per heavy atom. The van der Waals surface area contributed by atoms with Crippen LogP contribution in [-0.2, 0) is 17.9 Å². The number of piperazine rings is 1. The molecule has 0 saturated carbocycles. The fourth-order valence-corrected chi connectivity index (χ4v) is 5.92. The molecule has 0 radical (unpaired) electrons. The van der Waals surface area contributed by atoms with E-state index in [-0.39, 0.29) is 18.0 Å². The number of nitrogens with one attached hydrogen (secondary N) is 2. The van der Waals surface area contributed by atoms with Gasteiger partial charge in [-0.05, 0) is 35.6 Å². The Bertz CT molecular complexity index is 1280. The predicted octanol–water partition coefficient (Wildman–Crippen LogP) is 3.40. The molecule has 8 heteroatoms. The Labute approximate surface area is 209 Å². The summed E-state index contributed by atoms with van der Waals surface area (Å²) in [7, 11) is 0. The first kappa shape index (κ1) is 22.4. The van der Waals surface area contributed by atoms with Crippen molar-refractivity contribution in [1.82, 2.24) is 30.2 Å². The number of nitrogens with zero attached hydrogens (tertiary/aromatic N) is 4. The van der Waals surface area contributed by atoms with E-state index in [1.807, 2.05) is 11.0 Å². The van der Waals surface area contributed by atoms with Gasteiger partial charge in [0.05, 0.1) is 23.6 Å². The molecule has 2 aromatic carbocycles. The Morgan fingerprint density at radius 1 is 0.914 bits per heavy atom. The summed E-state index contributed by atoms with van der Waals surface area (Å²) >= 11 is 1.73. The van der Waals surface area contributed by atoms with Gasteiger partial charge in [0.25, 0.3) is 0 Å². The van der Waals surface area contributed by atoms with Gasteiger partial charge in [-0.25, -0.2) is 15.8 Å². The van der Waals surface area contributed by atoms with Gasteiger partial charge in [0, 0.05) is 37.6 Å². The first-order valence-corrected chi connectivity index (χ1v) is 13.2. The van der Waals surface area contributed by atoms with Gasteiger partial charge in [-0.1, -0.05) is 48.5 Å². The molecule has 2 aliphatic rings. The zero-order valence-corrected chi connectivity index (χ0v) is 20.5. The van der Waals surface area contributed by atoms with Gasteiger partial charge < -0.3 is 9.47 Å². The van der Waals surface area contributed by atoms with Crippen molar-refractivity contribution in [1.29, 1.82) is 0 Å².